The van der Waals surface area contributed by atoms with E-state index in [4.69, 9.17) is 11.6 Å². The van der Waals surface area contributed by atoms with E-state index >= 15 is 0 Å². The van der Waals surface area contributed by atoms with Gasteiger partial charge in [-0.25, -0.2) is 4.39 Å². The van der Waals surface area contributed by atoms with Crippen LogP contribution < -0.4 is 5.32 Å². The Labute approximate surface area is 129 Å². The molecule has 2 fully saturated rings. The maximum atomic E-state index is 14.0. The molecule has 21 heavy (non-hydrogen) atoms. The van der Waals surface area contributed by atoms with Crippen LogP contribution in [0.2, 0.25) is 5.02 Å². The van der Waals surface area contributed by atoms with E-state index in [2.05, 4.69) is 12.2 Å². The molecule has 0 spiro atoms. The Morgan fingerprint density at radius 2 is 2.19 bits per heavy atom. The fraction of sp³-hybridized carbons (Fsp3) is 0.562. The van der Waals surface area contributed by atoms with E-state index in [0.29, 0.717) is 23.0 Å². The largest absolute Gasteiger partial charge is 0.335 e. The SMILES string of the molecule is C[C@@H]1CNC[C@H]1C(=O)N(Cc1c(F)cccc1Cl)C1CC1. The number of halogens is 2. The highest BCUT2D eigenvalue weighted by Gasteiger charge is 2.39. The molecule has 0 unspecified atom stereocenters. The minimum absolute atomic E-state index is 0.00357. The van der Waals surface area contributed by atoms with Gasteiger partial charge in [0.25, 0.3) is 0 Å². The molecule has 1 amide bonds. The third kappa shape index (κ3) is 3.06. The Bertz CT molecular complexity index is 527. The van der Waals surface area contributed by atoms with Crippen molar-refractivity contribution >= 4 is 17.5 Å². The molecule has 2 aliphatic rings. The van der Waals surface area contributed by atoms with Crippen molar-refractivity contribution in [3.05, 3.63) is 34.6 Å². The lowest BCUT2D eigenvalue weighted by Crippen LogP contribution is -2.40. The summed E-state index contributed by atoms with van der Waals surface area (Å²) in [7, 11) is 0. The number of amides is 1. The summed E-state index contributed by atoms with van der Waals surface area (Å²) in [5.74, 6) is 0.124. The van der Waals surface area contributed by atoms with Crippen molar-refractivity contribution in [3.63, 3.8) is 0 Å². The smallest absolute Gasteiger partial charge is 0.227 e. The van der Waals surface area contributed by atoms with Gasteiger partial charge in [-0.2, -0.15) is 0 Å². The van der Waals surface area contributed by atoms with Crippen LogP contribution in [0.15, 0.2) is 18.2 Å². The summed E-state index contributed by atoms with van der Waals surface area (Å²) < 4.78 is 14.0. The van der Waals surface area contributed by atoms with Crippen LogP contribution in [0, 0.1) is 17.7 Å². The van der Waals surface area contributed by atoms with Crippen molar-refractivity contribution in [2.24, 2.45) is 11.8 Å². The predicted octanol–water partition coefficient (Wildman–Crippen LogP) is 2.83. The van der Waals surface area contributed by atoms with Gasteiger partial charge in [0.15, 0.2) is 0 Å². The third-order valence-electron chi connectivity index (χ3n) is 4.50. The second-order valence-electron chi connectivity index (χ2n) is 6.14. The van der Waals surface area contributed by atoms with Gasteiger partial charge in [0.05, 0.1) is 12.5 Å². The Morgan fingerprint density at radius 3 is 2.76 bits per heavy atom. The number of carbonyl (C=O) groups is 1. The summed E-state index contributed by atoms with van der Waals surface area (Å²) in [6, 6.07) is 4.92. The van der Waals surface area contributed by atoms with Crippen LogP contribution in [0.25, 0.3) is 0 Å². The summed E-state index contributed by atoms with van der Waals surface area (Å²) in [5, 5.41) is 3.65. The van der Waals surface area contributed by atoms with Crippen molar-refractivity contribution in [1.29, 1.82) is 0 Å². The van der Waals surface area contributed by atoms with Gasteiger partial charge in [-0.15, -0.1) is 0 Å². The summed E-state index contributed by atoms with van der Waals surface area (Å²) in [6.07, 6.45) is 2.01. The first-order valence-corrected chi connectivity index (χ1v) is 7.90. The molecule has 1 aromatic rings. The van der Waals surface area contributed by atoms with Gasteiger partial charge < -0.3 is 10.2 Å². The first-order valence-electron chi connectivity index (χ1n) is 7.52. The summed E-state index contributed by atoms with van der Waals surface area (Å²) in [4.78, 5) is 14.6. The minimum Gasteiger partial charge on any atom is -0.335 e. The average Bonchev–Trinajstić information content (AvgIpc) is 3.19. The molecule has 1 aliphatic heterocycles. The van der Waals surface area contributed by atoms with Crippen LogP contribution in [-0.4, -0.2) is 29.9 Å². The second-order valence-corrected chi connectivity index (χ2v) is 6.55. The van der Waals surface area contributed by atoms with Crippen molar-refractivity contribution in [3.8, 4) is 0 Å². The lowest BCUT2D eigenvalue weighted by Gasteiger charge is -2.27. The zero-order valence-corrected chi connectivity index (χ0v) is 12.9. The standard InChI is InChI=1S/C16H20ClFN2O/c1-10-7-19-8-12(10)16(21)20(11-5-6-11)9-13-14(17)3-2-4-15(13)18/h2-4,10-12,19H,5-9H2,1H3/t10-,12-/m1/s1. The quantitative estimate of drug-likeness (QED) is 0.927. The molecule has 1 aromatic carbocycles. The molecular weight excluding hydrogens is 291 g/mol. The highest BCUT2D eigenvalue weighted by atomic mass is 35.5. The highest BCUT2D eigenvalue weighted by molar-refractivity contribution is 6.31. The van der Waals surface area contributed by atoms with Gasteiger partial charge in [0.2, 0.25) is 5.91 Å². The predicted molar refractivity (Wildman–Crippen MR) is 80.5 cm³/mol. The number of hydrogen-bond acceptors (Lipinski definition) is 2. The van der Waals surface area contributed by atoms with Crippen LogP contribution >= 0.6 is 11.6 Å². The molecule has 114 valence electrons. The van der Waals surface area contributed by atoms with Gasteiger partial charge in [0, 0.05) is 23.2 Å². The summed E-state index contributed by atoms with van der Waals surface area (Å²) in [6.45, 7) is 3.95. The Kier molecular flexibility index (Phi) is 4.18. The second kappa shape index (κ2) is 5.93. The monoisotopic (exact) mass is 310 g/mol. The van der Waals surface area contributed by atoms with E-state index in [0.717, 1.165) is 19.4 Å². The molecule has 1 aliphatic carbocycles. The summed E-state index contributed by atoms with van der Waals surface area (Å²) >= 11 is 6.10. The van der Waals surface area contributed by atoms with E-state index in [-0.39, 0.29) is 30.2 Å². The van der Waals surface area contributed by atoms with Gasteiger partial charge in [-0.1, -0.05) is 24.6 Å². The Balaban J connectivity index is 1.80. The number of nitrogens with one attached hydrogen (secondary N) is 1. The molecule has 0 radical (unpaired) electrons. The lowest BCUT2D eigenvalue weighted by molar-refractivity contribution is -0.137. The molecule has 1 heterocycles. The topological polar surface area (TPSA) is 32.3 Å². The molecule has 0 aromatic heterocycles. The molecule has 1 N–H and O–H groups in total. The van der Waals surface area contributed by atoms with Crippen molar-refractivity contribution in [1.82, 2.24) is 10.2 Å². The number of rotatable bonds is 4. The minimum atomic E-state index is -0.335. The number of nitrogens with zero attached hydrogens (tertiary/aromatic N) is 1. The van der Waals surface area contributed by atoms with Gasteiger partial charge in [0.1, 0.15) is 5.82 Å². The van der Waals surface area contributed by atoms with Crippen LogP contribution in [0.3, 0.4) is 0 Å². The van der Waals surface area contributed by atoms with Gasteiger partial charge in [-0.05, 0) is 37.4 Å². The zero-order chi connectivity index (χ0) is 15.0. The molecule has 3 nitrogen and oxygen atoms in total. The molecular formula is C16H20ClFN2O. The molecule has 5 heteroatoms. The van der Waals surface area contributed by atoms with Crippen LogP contribution in [0.1, 0.15) is 25.3 Å². The highest BCUT2D eigenvalue weighted by Crippen LogP contribution is 2.33. The third-order valence-corrected chi connectivity index (χ3v) is 4.85. The molecule has 0 bridgehead atoms. The van der Waals surface area contributed by atoms with Crippen LogP contribution in [0.4, 0.5) is 4.39 Å². The molecule has 3 rings (SSSR count). The van der Waals surface area contributed by atoms with Crippen molar-refractivity contribution < 1.29 is 9.18 Å². The fourth-order valence-corrected chi connectivity index (χ4v) is 3.20. The normalized spacial score (nSPS) is 25.1. The number of hydrogen-bond donors (Lipinski definition) is 1. The van der Waals surface area contributed by atoms with Gasteiger partial charge in [-0.3, -0.25) is 4.79 Å². The van der Waals surface area contributed by atoms with Crippen molar-refractivity contribution in [2.45, 2.75) is 32.4 Å². The number of benzene rings is 1. The first kappa shape index (κ1) is 14.8. The number of carbonyl (C=O) groups excluding carboxylic acids is 1. The first-order chi connectivity index (χ1) is 10.1. The van der Waals surface area contributed by atoms with Gasteiger partial charge >= 0.3 is 0 Å². The van der Waals surface area contributed by atoms with E-state index in [9.17, 15) is 9.18 Å². The van der Waals surface area contributed by atoms with Crippen LogP contribution in [0.5, 0.6) is 0 Å². The maximum Gasteiger partial charge on any atom is 0.227 e. The Morgan fingerprint density at radius 1 is 1.43 bits per heavy atom. The molecule has 1 saturated heterocycles. The van der Waals surface area contributed by atoms with E-state index in [1.165, 1.54) is 6.07 Å². The Hall–Kier alpha value is -1.13. The van der Waals surface area contributed by atoms with Crippen LogP contribution in [-0.2, 0) is 11.3 Å². The fourth-order valence-electron chi connectivity index (χ4n) is 2.98. The van der Waals surface area contributed by atoms with E-state index in [1.54, 1.807) is 12.1 Å². The molecule has 1 saturated carbocycles. The average molecular weight is 311 g/mol. The van der Waals surface area contributed by atoms with E-state index in [1.807, 2.05) is 4.90 Å². The lowest BCUT2D eigenvalue weighted by atomic mass is 9.96. The zero-order valence-electron chi connectivity index (χ0n) is 12.1. The van der Waals surface area contributed by atoms with E-state index < -0.39 is 0 Å². The molecule has 2 atom stereocenters. The maximum absolute atomic E-state index is 14.0. The summed E-state index contributed by atoms with van der Waals surface area (Å²) in [5.41, 5.74) is 0.429. The van der Waals surface area contributed by atoms with Crippen molar-refractivity contribution in [2.75, 3.05) is 13.1 Å².